The zero-order valence-electron chi connectivity index (χ0n) is 13.4. The van der Waals surface area contributed by atoms with Gasteiger partial charge in [-0.15, -0.1) is 0 Å². The topological polar surface area (TPSA) is 21.3 Å². The van der Waals surface area contributed by atoms with Gasteiger partial charge in [0.15, 0.2) is 0 Å². The van der Waals surface area contributed by atoms with Gasteiger partial charge in [-0.1, -0.05) is 35.9 Å². The second-order valence-corrected chi connectivity index (χ2v) is 6.50. The first kappa shape index (κ1) is 15.4. The van der Waals surface area contributed by atoms with Gasteiger partial charge in [0.2, 0.25) is 0 Å². The van der Waals surface area contributed by atoms with Gasteiger partial charge in [0.1, 0.15) is 5.75 Å². The quantitative estimate of drug-likeness (QED) is 0.871. The van der Waals surface area contributed by atoms with Crippen molar-refractivity contribution in [1.29, 1.82) is 0 Å². The minimum absolute atomic E-state index is 0.295. The highest BCUT2D eigenvalue weighted by atomic mass is 35.5. The van der Waals surface area contributed by atoms with Gasteiger partial charge in [-0.3, -0.25) is 0 Å². The number of ether oxygens (including phenoxy) is 1. The summed E-state index contributed by atoms with van der Waals surface area (Å²) in [6.07, 6.45) is 0.969. The summed E-state index contributed by atoms with van der Waals surface area (Å²) in [4.78, 5) is 0. The van der Waals surface area contributed by atoms with Crippen molar-refractivity contribution >= 4 is 11.6 Å². The van der Waals surface area contributed by atoms with Crippen molar-refractivity contribution in [3.05, 3.63) is 63.2 Å². The summed E-state index contributed by atoms with van der Waals surface area (Å²) in [6, 6.07) is 10.8. The number of benzene rings is 2. The highest BCUT2D eigenvalue weighted by Gasteiger charge is 2.22. The van der Waals surface area contributed by atoms with Crippen LogP contribution in [0.5, 0.6) is 5.75 Å². The summed E-state index contributed by atoms with van der Waals surface area (Å²) in [5, 5.41) is 4.37. The fourth-order valence-corrected chi connectivity index (χ4v) is 3.28. The molecule has 116 valence electrons. The van der Waals surface area contributed by atoms with Crippen LogP contribution in [0.15, 0.2) is 30.3 Å². The van der Waals surface area contributed by atoms with Crippen molar-refractivity contribution in [2.45, 2.75) is 39.8 Å². The maximum absolute atomic E-state index is 6.24. The molecule has 1 aliphatic heterocycles. The largest absolute Gasteiger partial charge is 0.492 e. The Labute approximate surface area is 137 Å². The Hall–Kier alpha value is -1.51. The summed E-state index contributed by atoms with van der Waals surface area (Å²) < 4.78 is 5.72. The van der Waals surface area contributed by atoms with Crippen molar-refractivity contribution in [2.24, 2.45) is 0 Å². The fourth-order valence-electron chi connectivity index (χ4n) is 3.04. The number of rotatable bonds is 3. The summed E-state index contributed by atoms with van der Waals surface area (Å²) in [6.45, 7) is 8.08. The zero-order valence-corrected chi connectivity index (χ0v) is 14.1. The molecular formula is C19H22ClNO. The van der Waals surface area contributed by atoms with E-state index in [4.69, 9.17) is 16.3 Å². The van der Waals surface area contributed by atoms with Gasteiger partial charge in [-0.05, 0) is 49.1 Å². The van der Waals surface area contributed by atoms with Crippen LogP contribution in [0.1, 0.15) is 40.3 Å². The zero-order chi connectivity index (χ0) is 15.7. The highest BCUT2D eigenvalue weighted by molar-refractivity contribution is 6.32. The van der Waals surface area contributed by atoms with Gasteiger partial charge in [-0.25, -0.2) is 0 Å². The van der Waals surface area contributed by atoms with E-state index in [0.29, 0.717) is 17.7 Å². The number of para-hydroxylation sites is 1. The number of aryl methyl sites for hydroxylation is 3. The van der Waals surface area contributed by atoms with Gasteiger partial charge in [-0.2, -0.15) is 0 Å². The average Bonchev–Trinajstić information content (AvgIpc) is 2.50. The van der Waals surface area contributed by atoms with E-state index >= 15 is 0 Å². The molecule has 2 nitrogen and oxygen atoms in total. The van der Waals surface area contributed by atoms with E-state index in [2.05, 4.69) is 44.3 Å². The molecule has 1 heterocycles. The molecule has 0 aromatic heterocycles. The Kier molecular flexibility index (Phi) is 4.42. The second-order valence-electron chi connectivity index (χ2n) is 6.09. The summed E-state index contributed by atoms with van der Waals surface area (Å²) in [5.74, 6) is 0.838. The predicted octanol–water partition coefficient (Wildman–Crippen LogP) is 4.88. The van der Waals surface area contributed by atoms with Gasteiger partial charge >= 0.3 is 0 Å². The Morgan fingerprint density at radius 1 is 1.14 bits per heavy atom. The Bertz CT molecular complexity index is 696. The molecule has 1 aliphatic rings. The summed E-state index contributed by atoms with van der Waals surface area (Å²) in [7, 11) is 0. The van der Waals surface area contributed by atoms with Crippen LogP contribution in [0.4, 0.5) is 0 Å². The molecule has 0 bridgehead atoms. The van der Waals surface area contributed by atoms with Gasteiger partial charge in [0.25, 0.3) is 0 Å². The van der Waals surface area contributed by atoms with E-state index in [-0.39, 0.29) is 0 Å². The lowest BCUT2D eigenvalue weighted by molar-refractivity contribution is 0.252. The molecule has 3 heteroatoms. The van der Waals surface area contributed by atoms with E-state index in [1.54, 1.807) is 0 Å². The second kappa shape index (κ2) is 6.31. The van der Waals surface area contributed by atoms with Crippen molar-refractivity contribution in [2.75, 3.05) is 6.61 Å². The van der Waals surface area contributed by atoms with Crippen LogP contribution in [-0.4, -0.2) is 6.61 Å². The number of nitrogens with one attached hydrogen (secondary N) is 1. The molecule has 2 aromatic rings. The molecule has 1 N–H and O–H groups in total. The van der Waals surface area contributed by atoms with Crippen molar-refractivity contribution in [3.63, 3.8) is 0 Å². The van der Waals surface area contributed by atoms with E-state index in [1.165, 1.54) is 27.8 Å². The first-order valence-corrected chi connectivity index (χ1v) is 8.15. The third-order valence-corrected chi connectivity index (χ3v) is 4.81. The Morgan fingerprint density at radius 3 is 2.73 bits per heavy atom. The van der Waals surface area contributed by atoms with E-state index in [0.717, 1.165) is 18.7 Å². The third-order valence-electron chi connectivity index (χ3n) is 4.52. The Balaban J connectivity index is 1.79. The summed E-state index contributed by atoms with van der Waals surface area (Å²) in [5.41, 5.74) is 6.56. The standard InChI is InChI=1S/C19H22ClNO/c1-12-9-14(3)15(10-13(12)2)11-21-18-7-8-22-19-16(18)5-4-6-17(19)20/h4-6,9-10,18,21H,7-8,11H2,1-3H3. The van der Waals surface area contributed by atoms with Crippen molar-refractivity contribution in [3.8, 4) is 5.75 Å². The minimum atomic E-state index is 0.295. The molecule has 0 aliphatic carbocycles. The lowest BCUT2D eigenvalue weighted by Gasteiger charge is -2.27. The maximum Gasteiger partial charge on any atom is 0.142 e. The fraction of sp³-hybridized carbons (Fsp3) is 0.368. The monoisotopic (exact) mass is 315 g/mol. The van der Waals surface area contributed by atoms with Gasteiger partial charge < -0.3 is 10.1 Å². The van der Waals surface area contributed by atoms with Crippen LogP contribution in [-0.2, 0) is 6.54 Å². The molecule has 1 unspecified atom stereocenters. The SMILES string of the molecule is Cc1cc(C)c(CNC2CCOc3c(Cl)cccc32)cc1C. The van der Waals surface area contributed by atoms with Crippen LogP contribution in [0.2, 0.25) is 5.02 Å². The molecule has 0 amide bonds. The lowest BCUT2D eigenvalue weighted by atomic mass is 9.98. The average molecular weight is 316 g/mol. The molecule has 0 saturated heterocycles. The molecular weight excluding hydrogens is 294 g/mol. The maximum atomic E-state index is 6.24. The van der Waals surface area contributed by atoms with E-state index < -0.39 is 0 Å². The first-order valence-electron chi connectivity index (χ1n) is 7.77. The molecule has 0 spiro atoms. The minimum Gasteiger partial charge on any atom is -0.492 e. The molecule has 1 atom stereocenters. The molecule has 0 radical (unpaired) electrons. The van der Waals surface area contributed by atoms with E-state index in [9.17, 15) is 0 Å². The number of hydrogen-bond acceptors (Lipinski definition) is 2. The van der Waals surface area contributed by atoms with Crippen LogP contribution in [0, 0.1) is 20.8 Å². The smallest absolute Gasteiger partial charge is 0.142 e. The van der Waals surface area contributed by atoms with Crippen LogP contribution in [0.25, 0.3) is 0 Å². The summed E-state index contributed by atoms with van der Waals surface area (Å²) >= 11 is 6.24. The van der Waals surface area contributed by atoms with Gasteiger partial charge in [0.05, 0.1) is 11.6 Å². The number of fused-ring (bicyclic) bond motifs is 1. The third kappa shape index (κ3) is 2.99. The van der Waals surface area contributed by atoms with Crippen molar-refractivity contribution in [1.82, 2.24) is 5.32 Å². The van der Waals surface area contributed by atoms with Crippen molar-refractivity contribution < 1.29 is 4.74 Å². The first-order chi connectivity index (χ1) is 10.6. The highest BCUT2D eigenvalue weighted by Crippen LogP contribution is 2.37. The van der Waals surface area contributed by atoms with Gasteiger partial charge in [0, 0.05) is 24.6 Å². The number of halogens is 1. The molecule has 22 heavy (non-hydrogen) atoms. The lowest BCUT2D eigenvalue weighted by Crippen LogP contribution is -2.27. The molecule has 0 saturated carbocycles. The molecule has 3 rings (SSSR count). The predicted molar refractivity (Wildman–Crippen MR) is 91.8 cm³/mol. The normalized spacial score (nSPS) is 17.0. The van der Waals surface area contributed by atoms with Crippen LogP contribution in [0.3, 0.4) is 0 Å². The Morgan fingerprint density at radius 2 is 1.91 bits per heavy atom. The number of hydrogen-bond donors (Lipinski definition) is 1. The van der Waals surface area contributed by atoms with E-state index in [1.807, 2.05) is 12.1 Å². The van der Waals surface area contributed by atoms with Crippen LogP contribution >= 0.6 is 11.6 Å². The molecule has 0 fully saturated rings. The van der Waals surface area contributed by atoms with Crippen LogP contribution < -0.4 is 10.1 Å². The molecule has 2 aromatic carbocycles.